The van der Waals surface area contributed by atoms with E-state index in [1.54, 1.807) is 0 Å². The van der Waals surface area contributed by atoms with Crippen molar-refractivity contribution in [3.05, 3.63) is 29.8 Å². The van der Waals surface area contributed by atoms with E-state index in [0.717, 1.165) is 18.8 Å². The molecule has 0 aromatic heterocycles. The van der Waals surface area contributed by atoms with Gasteiger partial charge in [0.15, 0.2) is 0 Å². The number of hydrogen-bond donors (Lipinski definition) is 0. The van der Waals surface area contributed by atoms with Gasteiger partial charge in [-0.05, 0) is 44.1 Å². The highest BCUT2D eigenvalue weighted by Crippen LogP contribution is 2.16. The van der Waals surface area contributed by atoms with E-state index in [1.165, 1.54) is 44.7 Å². The summed E-state index contributed by atoms with van der Waals surface area (Å²) in [6.45, 7) is 7.59. The molecule has 3 rings (SSSR count). The minimum atomic E-state index is 0.327. The van der Waals surface area contributed by atoms with Crippen LogP contribution in [0.5, 0.6) is 5.75 Å². The Balaban J connectivity index is 1.34. The van der Waals surface area contributed by atoms with Gasteiger partial charge in [0.05, 0.1) is 6.61 Å². The van der Waals surface area contributed by atoms with Crippen molar-refractivity contribution >= 4 is 0 Å². The molecule has 2 aliphatic rings. The first-order chi connectivity index (χ1) is 10.3. The van der Waals surface area contributed by atoms with Crippen molar-refractivity contribution in [2.45, 2.75) is 18.9 Å². The van der Waals surface area contributed by atoms with Gasteiger partial charge in [0.2, 0.25) is 0 Å². The first-order valence-corrected chi connectivity index (χ1v) is 8.04. The van der Waals surface area contributed by atoms with Crippen molar-refractivity contribution in [2.24, 2.45) is 0 Å². The second-order valence-corrected chi connectivity index (χ2v) is 6.16. The molecule has 0 amide bonds. The number of ether oxygens (including phenoxy) is 2. The van der Waals surface area contributed by atoms with E-state index in [0.29, 0.717) is 12.7 Å². The van der Waals surface area contributed by atoms with Crippen molar-refractivity contribution < 1.29 is 9.47 Å². The van der Waals surface area contributed by atoms with Gasteiger partial charge in [-0.2, -0.15) is 0 Å². The molecular formula is C17H26N2O2. The van der Waals surface area contributed by atoms with Crippen molar-refractivity contribution in [2.75, 3.05) is 53.0 Å². The molecule has 4 heteroatoms. The molecule has 21 heavy (non-hydrogen) atoms. The van der Waals surface area contributed by atoms with E-state index in [2.05, 4.69) is 41.1 Å². The van der Waals surface area contributed by atoms with Crippen LogP contribution >= 0.6 is 0 Å². The normalized spacial score (nSPS) is 23.2. The molecule has 2 saturated heterocycles. The lowest BCUT2D eigenvalue weighted by Gasteiger charge is -2.32. The fourth-order valence-electron chi connectivity index (χ4n) is 2.68. The summed E-state index contributed by atoms with van der Waals surface area (Å²) in [7, 11) is 2.20. The molecule has 0 N–H and O–H groups in total. The third-order valence-electron chi connectivity index (χ3n) is 4.30. The highest BCUT2D eigenvalue weighted by molar-refractivity contribution is 5.27. The summed E-state index contributed by atoms with van der Waals surface area (Å²) in [5.74, 6) is 0.952. The summed E-state index contributed by atoms with van der Waals surface area (Å²) in [5, 5.41) is 0. The second kappa shape index (κ2) is 7.25. The molecule has 0 radical (unpaired) electrons. The lowest BCUT2D eigenvalue weighted by molar-refractivity contribution is 0.153. The summed E-state index contributed by atoms with van der Waals surface area (Å²) in [6, 6.07) is 8.53. The second-order valence-electron chi connectivity index (χ2n) is 6.16. The maximum absolute atomic E-state index is 5.66. The van der Waals surface area contributed by atoms with Gasteiger partial charge in [0.1, 0.15) is 18.5 Å². The Morgan fingerprint density at radius 3 is 2.52 bits per heavy atom. The molecule has 2 heterocycles. The molecule has 0 aliphatic carbocycles. The molecule has 1 aromatic carbocycles. The molecule has 1 aromatic rings. The van der Waals surface area contributed by atoms with Crippen LogP contribution in [0.4, 0.5) is 0 Å². The average Bonchev–Trinajstić information content (AvgIpc) is 3.33. The Labute approximate surface area is 127 Å². The molecule has 1 atom stereocenters. The van der Waals surface area contributed by atoms with Crippen LogP contribution in [-0.4, -0.2) is 68.9 Å². The van der Waals surface area contributed by atoms with Gasteiger partial charge in [-0.1, -0.05) is 12.1 Å². The smallest absolute Gasteiger partial charge is 0.119 e. The minimum Gasteiger partial charge on any atom is -0.491 e. The fourth-order valence-corrected chi connectivity index (χ4v) is 2.68. The van der Waals surface area contributed by atoms with Gasteiger partial charge in [0.25, 0.3) is 0 Å². The van der Waals surface area contributed by atoms with Gasteiger partial charge in [-0.15, -0.1) is 0 Å². The Morgan fingerprint density at radius 2 is 1.86 bits per heavy atom. The lowest BCUT2D eigenvalue weighted by atomic mass is 10.1. The number of aryl methyl sites for hydroxylation is 1. The Hall–Kier alpha value is -1.10. The highest BCUT2D eigenvalue weighted by atomic mass is 16.6. The summed E-state index contributed by atoms with van der Waals surface area (Å²) < 4.78 is 10.8. The van der Waals surface area contributed by atoms with Crippen molar-refractivity contribution in [1.82, 2.24) is 9.80 Å². The standard InChI is InChI=1S/C17H26N2O2/c1-18-9-11-19(12-10-18)8-2-3-15-4-6-16(7-5-15)20-13-17-14-21-17/h4-7,17H,2-3,8-14H2,1H3. The zero-order valence-corrected chi connectivity index (χ0v) is 13.0. The summed E-state index contributed by atoms with van der Waals surface area (Å²) in [5.41, 5.74) is 1.40. The number of piperazine rings is 1. The predicted octanol–water partition coefficient (Wildman–Crippen LogP) is 1.64. The van der Waals surface area contributed by atoms with Crippen LogP contribution in [0.3, 0.4) is 0 Å². The van der Waals surface area contributed by atoms with Gasteiger partial charge in [0, 0.05) is 26.2 Å². The van der Waals surface area contributed by atoms with Crippen LogP contribution in [0.1, 0.15) is 12.0 Å². The molecule has 2 fully saturated rings. The molecule has 0 saturated carbocycles. The monoisotopic (exact) mass is 290 g/mol. The van der Waals surface area contributed by atoms with Crippen molar-refractivity contribution in [3.8, 4) is 5.75 Å². The van der Waals surface area contributed by atoms with Crippen LogP contribution in [0, 0.1) is 0 Å². The first kappa shape index (κ1) is 14.8. The van der Waals surface area contributed by atoms with E-state index in [4.69, 9.17) is 9.47 Å². The van der Waals surface area contributed by atoms with Crippen molar-refractivity contribution in [1.29, 1.82) is 0 Å². The molecular weight excluding hydrogens is 264 g/mol. The van der Waals surface area contributed by atoms with Crippen LogP contribution in [0.25, 0.3) is 0 Å². The number of rotatable bonds is 7. The summed E-state index contributed by atoms with van der Waals surface area (Å²) >= 11 is 0. The number of epoxide rings is 1. The van der Waals surface area contributed by atoms with E-state index >= 15 is 0 Å². The van der Waals surface area contributed by atoms with Gasteiger partial charge in [-0.3, -0.25) is 0 Å². The van der Waals surface area contributed by atoms with Crippen LogP contribution in [-0.2, 0) is 11.2 Å². The third kappa shape index (κ3) is 4.99. The van der Waals surface area contributed by atoms with E-state index in [1.807, 2.05) is 0 Å². The highest BCUT2D eigenvalue weighted by Gasteiger charge is 2.22. The zero-order chi connectivity index (χ0) is 14.5. The zero-order valence-electron chi connectivity index (χ0n) is 13.0. The Morgan fingerprint density at radius 1 is 1.14 bits per heavy atom. The topological polar surface area (TPSA) is 28.2 Å². The molecule has 0 spiro atoms. The molecule has 2 aliphatic heterocycles. The Bertz CT molecular complexity index is 423. The van der Waals surface area contributed by atoms with E-state index in [9.17, 15) is 0 Å². The third-order valence-corrected chi connectivity index (χ3v) is 4.30. The van der Waals surface area contributed by atoms with Crippen LogP contribution < -0.4 is 4.74 Å². The van der Waals surface area contributed by atoms with Crippen molar-refractivity contribution in [3.63, 3.8) is 0 Å². The van der Waals surface area contributed by atoms with Crippen LogP contribution in [0.2, 0.25) is 0 Å². The molecule has 1 unspecified atom stereocenters. The number of benzene rings is 1. The van der Waals surface area contributed by atoms with Gasteiger partial charge < -0.3 is 19.3 Å². The largest absolute Gasteiger partial charge is 0.491 e. The maximum Gasteiger partial charge on any atom is 0.119 e. The molecule has 116 valence electrons. The SMILES string of the molecule is CN1CCN(CCCc2ccc(OCC3CO3)cc2)CC1. The minimum absolute atomic E-state index is 0.327. The number of nitrogens with zero attached hydrogens (tertiary/aromatic N) is 2. The van der Waals surface area contributed by atoms with E-state index < -0.39 is 0 Å². The van der Waals surface area contributed by atoms with E-state index in [-0.39, 0.29) is 0 Å². The van der Waals surface area contributed by atoms with Gasteiger partial charge >= 0.3 is 0 Å². The lowest BCUT2D eigenvalue weighted by Crippen LogP contribution is -2.44. The fraction of sp³-hybridized carbons (Fsp3) is 0.647. The summed E-state index contributed by atoms with van der Waals surface area (Å²) in [6.07, 6.45) is 2.71. The first-order valence-electron chi connectivity index (χ1n) is 8.04. The van der Waals surface area contributed by atoms with Crippen LogP contribution in [0.15, 0.2) is 24.3 Å². The maximum atomic E-state index is 5.66. The van der Waals surface area contributed by atoms with Gasteiger partial charge in [-0.25, -0.2) is 0 Å². The quantitative estimate of drug-likeness (QED) is 0.714. The molecule has 0 bridgehead atoms. The predicted molar refractivity (Wildman–Crippen MR) is 83.9 cm³/mol. The molecule has 4 nitrogen and oxygen atoms in total. The summed E-state index contributed by atoms with van der Waals surface area (Å²) in [4.78, 5) is 4.98. The number of likely N-dealkylation sites (N-methyl/N-ethyl adjacent to an activating group) is 1. The number of hydrogen-bond acceptors (Lipinski definition) is 4. The Kier molecular flexibility index (Phi) is 5.12. The average molecular weight is 290 g/mol.